The van der Waals surface area contributed by atoms with Gasteiger partial charge in [0.2, 0.25) is 5.91 Å². The lowest BCUT2D eigenvalue weighted by molar-refractivity contribution is -0.116. The Balaban J connectivity index is 1.62. The van der Waals surface area contributed by atoms with Crippen molar-refractivity contribution in [3.8, 4) is 0 Å². The summed E-state index contributed by atoms with van der Waals surface area (Å²) in [6.45, 7) is 1.73. The van der Waals surface area contributed by atoms with Crippen molar-refractivity contribution < 1.29 is 9.59 Å². The number of carbonyl (C=O) groups excluding carboxylic acids is 2. The van der Waals surface area contributed by atoms with Crippen LogP contribution in [0.25, 0.3) is 0 Å². The lowest BCUT2D eigenvalue weighted by Crippen LogP contribution is -2.19. The predicted octanol–water partition coefficient (Wildman–Crippen LogP) is 2.99. The van der Waals surface area contributed by atoms with Crippen LogP contribution >= 0.6 is 0 Å². The second-order valence-electron chi connectivity index (χ2n) is 6.04. The van der Waals surface area contributed by atoms with Crippen LogP contribution < -0.4 is 5.32 Å². The van der Waals surface area contributed by atoms with E-state index in [0.717, 1.165) is 18.5 Å². The third kappa shape index (κ3) is 3.86. The molecule has 1 heterocycles. The third-order valence-electron chi connectivity index (χ3n) is 4.17. The van der Waals surface area contributed by atoms with E-state index in [1.165, 1.54) is 31.7 Å². The van der Waals surface area contributed by atoms with E-state index in [0.29, 0.717) is 11.3 Å². The van der Waals surface area contributed by atoms with Gasteiger partial charge in [0.15, 0.2) is 5.78 Å². The molecule has 1 amide bonds. The van der Waals surface area contributed by atoms with Crippen LogP contribution in [0.4, 0.5) is 5.69 Å². The minimum atomic E-state index is -0.113. The Labute approximate surface area is 135 Å². The number of hydrogen-bond acceptors (Lipinski definition) is 3. The zero-order valence-electron chi connectivity index (χ0n) is 13.3. The third-order valence-corrected chi connectivity index (χ3v) is 4.17. The van der Waals surface area contributed by atoms with Crippen LogP contribution in [0.15, 0.2) is 30.5 Å². The van der Waals surface area contributed by atoms with Crippen molar-refractivity contribution in [3.63, 3.8) is 0 Å². The number of nitrogens with one attached hydrogen (secondary N) is 1. The van der Waals surface area contributed by atoms with Crippen LogP contribution in [0, 0.1) is 0 Å². The van der Waals surface area contributed by atoms with Crippen LogP contribution in [0.2, 0.25) is 0 Å². The number of benzene rings is 1. The first-order valence-corrected chi connectivity index (χ1v) is 8.08. The van der Waals surface area contributed by atoms with Crippen molar-refractivity contribution in [1.82, 2.24) is 9.78 Å². The summed E-state index contributed by atoms with van der Waals surface area (Å²) in [5.74, 6) is -0.0980. The highest BCUT2D eigenvalue weighted by Gasteiger charge is 2.13. The summed E-state index contributed by atoms with van der Waals surface area (Å²) in [7, 11) is 0. The maximum absolute atomic E-state index is 12.1. The van der Waals surface area contributed by atoms with E-state index in [-0.39, 0.29) is 18.2 Å². The second-order valence-corrected chi connectivity index (χ2v) is 6.04. The minimum absolute atomic E-state index is 0.0147. The Morgan fingerprint density at radius 1 is 1.13 bits per heavy atom. The van der Waals surface area contributed by atoms with Crippen molar-refractivity contribution in [2.75, 3.05) is 5.32 Å². The van der Waals surface area contributed by atoms with Gasteiger partial charge in [-0.05, 0) is 62.4 Å². The fourth-order valence-corrected chi connectivity index (χ4v) is 2.92. The molecule has 0 aliphatic heterocycles. The standard InChI is InChI=1S/C18H21N3O2/c1-13(22)14-7-9-16(10-8-14)19-18(23)12-21-11-15-5-3-2-4-6-17(15)20-21/h7-11H,2-6,12H2,1H3,(H,19,23). The number of aryl methyl sites for hydroxylation is 2. The highest BCUT2D eigenvalue weighted by Crippen LogP contribution is 2.19. The van der Waals surface area contributed by atoms with Gasteiger partial charge in [-0.2, -0.15) is 5.10 Å². The molecule has 23 heavy (non-hydrogen) atoms. The van der Waals surface area contributed by atoms with Crippen molar-refractivity contribution in [2.24, 2.45) is 0 Å². The average molecular weight is 311 g/mol. The normalized spacial score (nSPS) is 14.0. The van der Waals surface area contributed by atoms with Crippen molar-refractivity contribution >= 4 is 17.4 Å². The number of Topliss-reactive ketones (excluding diaryl/α,β-unsaturated/α-hetero) is 1. The van der Waals surface area contributed by atoms with Crippen LogP contribution in [-0.4, -0.2) is 21.5 Å². The van der Waals surface area contributed by atoms with Gasteiger partial charge in [-0.15, -0.1) is 0 Å². The van der Waals surface area contributed by atoms with Crippen LogP contribution in [0.1, 0.15) is 47.8 Å². The molecular formula is C18H21N3O2. The summed E-state index contributed by atoms with van der Waals surface area (Å²) in [6, 6.07) is 6.92. The van der Waals surface area contributed by atoms with E-state index in [9.17, 15) is 9.59 Å². The first-order valence-electron chi connectivity index (χ1n) is 8.08. The van der Waals surface area contributed by atoms with Gasteiger partial charge in [-0.25, -0.2) is 0 Å². The molecule has 1 aromatic heterocycles. The Bertz CT molecular complexity index is 693. The fraction of sp³-hybridized carbons (Fsp3) is 0.389. The topological polar surface area (TPSA) is 64.0 Å². The van der Waals surface area contributed by atoms with Gasteiger partial charge in [0.25, 0.3) is 0 Å². The summed E-state index contributed by atoms with van der Waals surface area (Å²) >= 11 is 0. The largest absolute Gasteiger partial charge is 0.324 e. The first-order chi connectivity index (χ1) is 11.1. The highest BCUT2D eigenvalue weighted by atomic mass is 16.2. The Kier molecular flexibility index (Phi) is 4.55. The second kappa shape index (κ2) is 6.77. The maximum Gasteiger partial charge on any atom is 0.246 e. The molecule has 0 atom stereocenters. The molecule has 1 aliphatic carbocycles. The quantitative estimate of drug-likeness (QED) is 0.697. The molecule has 5 heteroatoms. The van der Waals surface area contributed by atoms with Crippen molar-refractivity contribution in [1.29, 1.82) is 0 Å². The number of anilines is 1. The number of aromatic nitrogens is 2. The van der Waals surface area contributed by atoms with Crippen molar-refractivity contribution in [2.45, 2.75) is 45.6 Å². The first kappa shape index (κ1) is 15.5. The van der Waals surface area contributed by atoms with E-state index in [1.807, 2.05) is 6.20 Å². The molecular weight excluding hydrogens is 290 g/mol. The molecule has 0 saturated carbocycles. The predicted molar refractivity (Wildman–Crippen MR) is 88.6 cm³/mol. The number of ketones is 1. The van der Waals surface area contributed by atoms with E-state index < -0.39 is 0 Å². The van der Waals surface area contributed by atoms with E-state index >= 15 is 0 Å². The van der Waals surface area contributed by atoms with Gasteiger partial charge < -0.3 is 5.32 Å². The summed E-state index contributed by atoms with van der Waals surface area (Å²) < 4.78 is 1.73. The molecule has 1 aliphatic rings. The number of carbonyl (C=O) groups is 2. The minimum Gasteiger partial charge on any atom is -0.324 e. The Morgan fingerprint density at radius 3 is 2.61 bits per heavy atom. The molecule has 0 radical (unpaired) electrons. The number of rotatable bonds is 4. The zero-order chi connectivity index (χ0) is 16.2. The smallest absolute Gasteiger partial charge is 0.246 e. The summed E-state index contributed by atoms with van der Waals surface area (Å²) in [6.07, 6.45) is 7.71. The van der Waals surface area contributed by atoms with Crippen molar-refractivity contribution in [3.05, 3.63) is 47.3 Å². The molecule has 3 rings (SSSR count). The van der Waals surface area contributed by atoms with Gasteiger partial charge in [-0.3, -0.25) is 14.3 Å². The summed E-state index contributed by atoms with van der Waals surface area (Å²) in [4.78, 5) is 23.4. The van der Waals surface area contributed by atoms with Gasteiger partial charge >= 0.3 is 0 Å². The van der Waals surface area contributed by atoms with E-state index in [2.05, 4.69) is 10.4 Å². The number of nitrogens with zero attached hydrogens (tertiary/aromatic N) is 2. The number of amides is 1. The van der Waals surface area contributed by atoms with Gasteiger partial charge in [-0.1, -0.05) is 6.42 Å². The van der Waals surface area contributed by atoms with Gasteiger partial charge in [0, 0.05) is 17.4 Å². The maximum atomic E-state index is 12.1. The highest BCUT2D eigenvalue weighted by molar-refractivity contribution is 5.95. The Hall–Kier alpha value is -2.43. The molecule has 0 bridgehead atoms. The molecule has 120 valence electrons. The fourth-order valence-electron chi connectivity index (χ4n) is 2.92. The Morgan fingerprint density at radius 2 is 1.87 bits per heavy atom. The molecule has 0 saturated heterocycles. The monoisotopic (exact) mass is 311 g/mol. The van der Waals surface area contributed by atoms with Crippen LogP contribution in [0.3, 0.4) is 0 Å². The summed E-state index contributed by atoms with van der Waals surface area (Å²) in [5, 5.41) is 7.38. The number of fused-ring (bicyclic) bond motifs is 1. The molecule has 0 fully saturated rings. The van der Waals surface area contributed by atoms with Gasteiger partial charge in [0.05, 0.1) is 5.69 Å². The lowest BCUT2D eigenvalue weighted by atomic mass is 10.1. The van der Waals surface area contributed by atoms with Gasteiger partial charge in [0.1, 0.15) is 6.54 Å². The molecule has 0 unspecified atom stereocenters. The van der Waals surface area contributed by atoms with Crippen LogP contribution in [0.5, 0.6) is 0 Å². The lowest BCUT2D eigenvalue weighted by Gasteiger charge is -2.06. The zero-order valence-corrected chi connectivity index (χ0v) is 13.3. The number of hydrogen-bond donors (Lipinski definition) is 1. The summed E-state index contributed by atoms with van der Waals surface area (Å²) in [5.41, 5.74) is 3.75. The van der Waals surface area contributed by atoms with E-state index in [4.69, 9.17) is 0 Å². The SMILES string of the molecule is CC(=O)c1ccc(NC(=O)Cn2cc3c(n2)CCCCC3)cc1. The van der Waals surface area contributed by atoms with E-state index in [1.54, 1.807) is 28.9 Å². The molecule has 1 N–H and O–H groups in total. The molecule has 2 aromatic rings. The molecule has 5 nitrogen and oxygen atoms in total. The average Bonchev–Trinajstić information content (AvgIpc) is 2.76. The van der Waals surface area contributed by atoms with Crippen LogP contribution in [-0.2, 0) is 24.2 Å². The molecule has 1 aromatic carbocycles. The molecule has 0 spiro atoms.